The standard InChI is InChI=1S/C11H15F2N3O2S/c1-2-16(6-5-11(14)15)19(17,18)8-3-4-9(12)10(13)7-8/h3-4,7H,2,5-6H2,1H3,(H3,14,15). The summed E-state index contributed by atoms with van der Waals surface area (Å²) >= 11 is 0. The summed E-state index contributed by atoms with van der Waals surface area (Å²) in [5.74, 6) is -2.46. The molecule has 5 nitrogen and oxygen atoms in total. The highest BCUT2D eigenvalue weighted by molar-refractivity contribution is 7.89. The lowest BCUT2D eigenvalue weighted by Gasteiger charge is -2.20. The Labute approximate surface area is 110 Å². The van der Waals surface area contributed by atoms with Crippen LogP contribution in [0.2, 0.25) is 0 Å². The van der Waals surface area contributed by atoms with E-state index in [0.29, 0.717) is 6.07 Å². The van der Waals surface area contributed by atoms with E-state index in [1.165, 1.54) is 0 Å². The first-order valence-electron chi connectivity index (χ1n) is 5.57. The molecule has 0 aliphatic heterocycles. The second-order valence-electron chi connectivity index (χ2n) is 3.85. The molecule has 3 N–H and O–H groups in total. The van der Waals surface area contributed by atoms with Gasteiger partial charge in [-0.25, -0.2) is 17.2 Å². The molecule has 0 unspecified atom stereocenters. The van der Waals surface area contributed by atoms with Gasteiger partial charge in [-0.2, -0.15) is 4.31 Å². The summed E-state index contributed by atoms with van der Waals surface area (Å²) in [6.45, 7) is 1.78. The lowest BCUT2D eigenvalue weighted by Crippen LogP contribution is -2.33. The summed E-state index contributed by atoms with van der Waals surface area (Å²) in [7, 11) is -3.91. The van der Waals surface area contributed by atoms with E-state index in [9.17, 15) is 17.2 Å². The maximum absolute atomic E-state index is 13.1. The van der Waals surface area contributed by atoms with Gasteiger partial charge in [-0.1, -0.05) is 6.92 Å². The number of amidine groups is 1. The first-order valence-corrected chi connectivity index (χ1v) is 7.01. The van der Waals surface area contributed by atoms with Crippen LogP contribution in [0.25, 0.3) is 0 Å². The minimum absolute atomic E-state index is 0.0210. The fourth-order valence-corrected chi connectivity index (χ4v) is 2.94. The lowest BCUT2D eigenvalue weighted by molar-refractivity contribution is 0.435. The summed E-state index contributed by atoms with van der Waals surface area (Å²) in [6, 6.07) is 2.41. The number of nitrogens with zero attached hydrogens (tertiary/aromatic N) is 1. The van der Waals surface area contributed by atoms with Crippen molar-refractivity contribution < 1.29 is 17.2 Å². The molecule has 0 amide bonds. The van der Waals surface area contributed by atoms with Crippen molar-refractivity contribution in [2.24, 2.45) is 5.73 Å². The molecule has 1 aromatic rings. The van der Waals surface area contributed by atoms with E-state index in [0.717, 1.165) is 16.4 Å². The van der Waals surface area contributed by atoms with Crippen molar-refractivity contribution in [3.8, 4) is 0 Å². The summed E-state index contributed by atoms with van der Waals surface area (Å²) in [5.41, 5.74) is 5.17. The first kappa shape index (κ1) is 15.5. The number of nitrogens with one attached hydrogen (secondary N) is 1. The molecule has 0 saturated heterocycles. The van der Waals surface area contributed by atoms with Crippen LogP contribution in [0.1, 0.15) is 13.3 Å². The molecule has 8 heteroatoms. The van der Waals surface area contributed by atoms with Gasteiger partial charge in [0.15, 0.2) is 11.6 Å². The highest BCUT2D eigenvalue weighted by atomic mass is 32.2. The van der Waals surface area contributed by atoms with Crippen LogP contribution in [0.15, 0.2) is 23.1 Å². The van der Waals surface area contributed by atoms with Gasteiger partial charge < -0.3 is 5.73 Å². The fourth-order valence-electron chi connectivity index (χ4n) is 1.48. The largest absolute Gasteiger partial charge is 0.388 e. The quantitative estimate of drug-likeness (QED) is 0.612. The van der Waals surface area contributed by atoms with Crippen LogP contribution in [-0.4, -0.2) is 31.6 Å². The van der Waals surface area contributed by atoms with Gasteiger partial charge in [-0.05, 0) is 18.2 Å². The third kappa shape index (κ3) is 3.71. The Morgan fingerprint density at radius 3 is 2.47 bits per heavy atom. The van der Waals surface area contributed by atoms with Crippen molar-refractivity contribution in [3.63, 3.8) is 0 Å². The maximum Gasteiger partial charge on any atom is 0.243 e. The Kier molecular flexibility index (Phi) is 4.96. The number of sulfonamides is 1. The third-order valence-corrected chi connectivity index (χ3v) is 4.48. The van der Waals surface area contributed by atoms with Gasteiger partial charge in [0, 0.05) is 19.5 Å². The van der Waals surface area contributed by atoms with E-state index in [1.54, 1.807) is 6.92 Å². The van der Waals surface area contributed by atoms with Gasteiger partial charge in [0.25, 0.3) is 0 Å². The number of nitrogens with two attached hydrogens (primary N) is 1. The summed E-state index contributed by atoms with van der Waals surface area (Å²) in [6.07, 6.45) is 0.0801. The predicted molar refractivity (Wildman–Crippen MR) is 67.3 cm³/mol. The molecule has 0 heterocycles. The van der Waals surface area contributed by atoms with E-state index in [1.807, 2.05) is 0 Å². The maximum atomic E-state index is 13.1. The second-order valence-corrected chi connectivity index (χ2v) is 5.79. The van der Waals surface area contributed by atoms with E-state index in [-0.39, 0.29) is 30.2 Å². The number of hydrogen-bond donors (Lipinski definition) is 2. The molecule has 1 aromatic carbocycles. The molecule has 0 atom stereocenters. The van der Waals surface area contributed by atoms with Crippen LogP contribution < -0.4 is 5.73 Å². The predicted octanol–water partition coefficient (Wildman–Crippen LogP) is 1.30. The van der Waals surface area contributed by atoms with Gasteiger partial charge in [-0.3, -0.25) is 5.41 Å². The zero-order valence-electron chi connectivity index (χ0n) is 10.4. The SMILES string of the molecule is CCN(CCC(=N)N)S(=O)(=O)c1ccc(F)c(F)c1. The van der Waals surface area contributed by atoms with E-state index in [4.69, 9.17) is 11.1 Å². The molecule has 1 rings (SSSR count). The second kappa shape index (κ2) is 6.07. The molecule has 0 fully saturated rings. The monoisotopic (exact) mass is 291 g/mol. The van der Waals surface area contributed by atoms with Crippen LogP contribution in [-0.2, 0) is 10.0 Å². The van der Waals surface area contributed by atoms with E-state index in [2.05, 4.69) is 0 Å². The molecular formula is C11H15F2N3O2S. The Morgan fingerprint density at radius 1 is 1.37 bits per heavy atom. The van der Waals surface area contributed by atoms with Gasteiger partial charge in [-0.15, -0.1) is 0 Å². The zero-order chi connectivity index (χ0) is 14.6. The van der Waals surface area contributed by atoms with Crippen molar-refractivity contribution in [2.75, 3.05) is 13.1 Å². The smallest absolute Gasteiger partial charge is 0.243 e. The van der Waals surface area contributed by atoms with Crippen molar-refractivity contribution in [1.82, 2.24) is 4.31 Å². The average molecular weight is 291 g/mol. The zero-order valence-corrected chi connectivity index (χ0v) is 11.2. The molecule has 0 aliphatic carbocycles. The van der Waals surface area contributed by atoms with Gasteiger partial charge in [0.05, 0.1) is 10.7 Å². The highest BCUT2D eigenvalue weighted by Gasteiger charge is 2.24. The molecule has 0 spiro atoms. The Bertz CT molecular complexity index is 575. The summed E-state index contributed by atoms with van der Waals surface area (Å²) in [4.78, 5) is -0.322. The molecule has 0 saturated carbocycles. The Balaban J connectivity index is 3.06. The Hall–Kier alpha value is -1.54. The van der Waals surface area contributed by atoms with Crippen LogP contribution in [0.5, 0.6) is 0 Å². The summed E-state index contributed by atoms with van der Waals surface area (Å²) in [5, 5.41) is 7.08. The molecule has 0 radical (unpaired) electrons. The van der Waals surface area contributed by atoms with Crippen LogP contribution in [0.4, 0.5) is 8.78 Å². The van der Waals surface area contributed by atoms with Crippen LogP contribution in [0, 0.1) is 17.0 Å². The van der Waals surface area contributed by atoms with E-state index >= 15 is 0 Å². The number of rotatable bonds is 6. The minimum atomic E-state index is -3.91. The van der Waals surface area contributed by atoms with Crippen LogP contribution in [0.3, 0.4) is 0 Å². The molecule has 0 bridgehead atoms. The summed E-state index contributed by atoms with van der Waals surface area (Å²) < 4.78 is 51.3. The van der Waals surface area contributed by atoms with Crippen LogP contribution >= 0.6 is 0 Å². The first-order chi connectivity index (χ1) is 8.78. The van der Waals surface area contributed by atoms with Crippen molar-refractivity contribution in [1.29, 1.82) is 5.41 Å². The van der Waals surface area contributed by atoms with E-state index < -0.39 is 21.7 Å². The number of benzene rings is 1. The lowest BCUT2D eigenvalue weighted by atomic mass is 10.3. The topological polar surface area (TPSA) is 87.2 Å². The van der Waals surface area contributed by atoms with Gasteiger partial charge >= 0.3 is 0 Å². The average Bonchev–Trinajstić information content (AvgIpc) is 2.32. The van der Waals surface area contributed by atoms with Gasteiger partial charge in [0.2, 0.25) is 10.0 Å². The molecule has 0 aromatic heterocycles. The van der Waals surface area contributed by atoms with Crippen molar-refractivity contribution in [2.45, 2.75) is 18.2 Å². The number of hydrogen-bond acceptors (Lipinski definition) is 3. The number of halogens is 2. The highest BCUT2D eigenvalue weighted by Crippen LogP contribution is 2.18. The molecular weight excluding hydrogens is 276 g/mol. The van der Waals surface area contributed by atoms with Crippen molar-refractivity contribution >= 4 is 15.9 Å². The minimum Gasteiger partial charge on any atom is -0.388 e. The fraction of sp³-hybridized carbons (Fsp3) is 0.364. The van der Waals surface area contributed by atoms with Gasteiger partial charge in [0.1, 0.15) is 0 Å². The Morgan fingerprint density at radius 2 is 2.00 bits per heavy atom. The molecule has 106 valence electrons. The normalized spacial score (nSPS) is 11.8. The van der Waals surface area contributed by atoms with Crippen molar-refractivity contribution in [3.05, 3.63) is 29.8 Å². The molecule has 19 heavy (non-hydrogen) atoms. The third-order valence-electron chi connectivity index (χ3n) is 2.51. The molecule has 0 aliphatic rings.